The largest absolute Gasteiger partial charge is 0.314 e. The van der Waals surface area contributed by atoms with Gasteiger partial charge in [-0.2, -0.15) is 0 Å². The molecule has 0 aliphatic heterocycles. The molecule has 0 saturated carbocycles. The number of hydrogen-bond acceptors (Lipinski definition) is 1. The number of para-hydroxylation sites is 6. The molecule has 4 nitrogen and oxygen atoms in total. The van der Waals surface area contributed by atoms with Gasteiger partial charge in [0.15, 0.2) is 0 Å². The van der Waals surface area contributed by atoms with Gasteiger partial charge in [-0.1, -0.05) is 109 Å². The summed E-state index contributed by atoms with van der Waals surface area (Å²) in [5.41, 5.74) is 12.6. The van der Waals surface area contributed by atoms with Crippen LogP contribution in [0, 0.1) is 0 Å². The van der Waals surface area contributed by atoms with Crippen LogP contribution in [0.5, 0.6) is 0 Å². The van der Waals surface area contributed by atoms with E-state index in [1.807, 2.05) is 0 Å². The van der Waals surface area contributed by atoms with Crippen molar-refractivity contribution in [3.63, 3.8) is 0 Å². The summed E-state index contributed by atoms with van der Waals surface area (Å²) in [6.07, 6.45) is 2.24. The van der Waals surface area contributed by atoms with E-state index in [2.05, 4.69) is 184 Å². The van der Waals surface area contributed by atoms with E-state index in [0.29, 0.717) is 0 Å². The molecule has 0 unspecified atom stereocenters. The third kappa shape index (κ3) is 3.79. The minimum absolute atomic E-state index is 0.933. The van der Waals surface area contributed by atoms with E-state index in [1.54, 1.807) is 0 Å². The van der Waals surface area contributed by atoms with E-state index in [9.17, 15) is 0 Å². The Balaban J connectivity index is 1.26. The summed E-state index contributed by atoms with van der Waals surface area (Å²) < 4.78 is 7.06. The second kappa shape index (κ2) is 10.1. The van der Waals surface area contributed by atoms with E-state index in [1.165, 1.54) is 49.4 Å². The van der Waals surface area contributed by atoms with Gasteiger partial charge in [0.1, 0.15) is 5.82 Å². The first-order valence-corrected chi connectivity index (χ1v) is 16.0. The van der Waals surface area contributed by atoms with E-state index in [-0.39, 0.29) is 0 Å². The highest BCUT2D eigenvalue weighted by Crippen LogP contribution is 2.43. The third-order valence-corrected chi connectivity index (χ3v) is 9.46. The standard InChI is InChI=1S/C43H28N4/c1-3-13-31(14-4-1)46-38-21-11-7-17-33(38)34-27-28-45-37-20-10-8-18-35(37)40(42(45)41(34)46)29-23-25-30(26-24-29)43-44-36-19-9-12-22-39(36)47(43)32-15-5-2-6-16-32/h1-28H. The van der Waals surface area contributed by atoms with Crippen molar-refractivity contribution >= 4 is 49.3 Å². The predicted octanol–water partition coefficient (Wildman–Crippen LogP) is 10.9. The van der Waals surface area contributed by atoms with Crippen LogP contribution in [0.3, 0.4) is 0 Å². The van der Waals surface area contributed by atoms with Gasteiger partial charge in [0, 0.05) is 44.9 Å². The van der Waals surface area contributed by atoms with Gasteiger partial charge in [0.2, 0.25) is 0 Å². The predicted molar refractivity (Wildman–Crippen MR) is 195 cm³/mol. The fourth-order valence-electron chi connectivity index (χ4n) is 7.45. The van der Waals surface area contributed by atoms with E-state index in [4.69, 9.17) is 4.98 Å². The number of fused-ring (bicyclic) bond motifs is 8. The van der Waals surface area contributed by atoms with Crippen LogP contribution in [0.25, 0.3) is 83.1 Å². The molecule has 4 heterocycles. The molecule has 0 aliphatic rings. The van der Waals surface area contributed by atoms with Crippen LogP contribution in [0.4, 0.5) is 0 Å². The maximum atomic E-state index is 5.12. The van der Waals surface area contributed by atoms with Crippen molar-refractivity contribution in [1.82, 2.24) is 18.5 Å². The first kappa shape index (κ1) is 25.9. The van der Waals surface area contributed by atoms with Crippen molar-refractivity contribution in [3.05, 3.63) is 170 Å². The van der Waals surface area contributed by atoms with Gasteiger partial charge in [0.25, 0.3) is 0 Å². The lowest BCUT2D eigenvalue weighted by Crippen LogP contribution is -1.97. The minimum atomic E-state index is 0.933. The molecule has 10 rings (SSSR count). The molecule has 6 aromatic carbocycles. The summed E-state index contributed by atoms with van der Waals surface area (Å²) in [6.45, 7) is 0. The monoisotopic (exact) mass is 600 g/mol. The molecular weight excluding hydrogens is 573 g/mol. The molecule has 0 radical (unpaired) electrons. The molecule has 4 heteroatoms. The zero-order valence-corrected chi connectivity index (χ0v) is 25.5. The van der Waals surface area contributed by atoms with Crippen LogP contribution in [-0.4, -0.2) is 18.5 Å². The van der Waals surface area contributed by atoms with Crippen LogP contribution in [-0.2, 0) is 0 Å². The van der Waals surface area contributed by atoms with Gasteiger partial charge < -0.3 is 8.97 Å². The lowest BCUT2D eigenvalue weighted by Gasteiger charge is -2.12. The lowest BCUT2D eigenvalue weighted by molar-refractivity contribution is 1.10. The van der Waals surface area contributed by atoms with Gasteiger partial charge in [0.05, 0.1) is 33.1 Å². The molecule has 47 heavy (non-hydrogen) atoms. The summed E-state index contributed by atoms with van der Waals surface area (Å²) in [6, 6.07) is 58.3. The zero-order chi connectivity index (χ0) is 30.9. The van der Waals surface area contributed by atoms with Gasteiger partial charge in [-0.3, -0.25) is 4.57 Å². The minimum Gasteiger partial charge on any atom is -0.314 e. The Hall–Kier alpha value is -6.39. The van der Waals surface area contributed by atoms with Crippen molar-refractivity contribution < 1.29 is 0 Å². The Morgan fingerprint density at radius 1 is 0.383 bits per heavy atom. The van der Waals surface area contributed by atoms with Crippen molar-refractivity contribution in [2.24, 2.45) is 0 Å². The number of nitrogens with zero attached hydrogens (tertiary/aromatic N) is 4. The Bertz CT molecular complexity index is 2760. The van der Waals surface area contributed by atoms with E-state index < -0.39 is 0 Å². The average Bonchev–Trinajstić information content (AvgIpc) is 3.81. The van der Waals surface area contributed by atoms with E-state index in [0.717, 1.165) is 33.8 Å². The highest BCUT2D eigenvalue weighted by Gasteiger charge is 2.22. The normalized spacial score (nSPS) is 11.8. The molecule has 0 amide bonds. The SMILES string of the molecule is c1ccc(-n2c(-c3ccc(-c4c5ccccc5n5ccc6c7ccccc7n(-c7ccccc7)c6c45)cc3)nc3ccccc32)cc1. The molecule has 0 aliphatic carbocycles. The Kier molecular flexibility index (Phi) is 5.54. The topological polar surface area (TPSA) is 27.2 Å². The zero-order valence-electron chi connectivity index (χ0n) is 25.5. The number of benzene rings is 6. The van der Waals surface area contributed by atoms with Gasteiger partial charge in [-0.05, 0) is 60.2 Å². The summed E-state index contributed by atoms with van der Waals surface area (Å²) >= 11 is 0. The summed E-state index contributed by atoms with van der Waals surface area (Å²) in [5.74, 6) is 0.933. The third-order valence-electron chi connectivity index (χ3n) is 9.46. The van der Waals surface area contributed by atoms with Crippen molar-refractivity contribution in [2.75, 3.05) is 0 Å². The van der Waals surface area contributed by atoms with E-state index >= 15 is 0 Å². The van der Waals surface area contributed by atoms with Crippen molar-refractivity contribution in [3.8, 4) is 33.9 Å². The first-order chi connectivity index (χ1) is 23.3. The number of imidazole rings is 1. The second-order valence-corrected chi connectivity index (χ2v) is 12.0. The average molecular weight is 601 g/mol. The molecule has 0 saturated heterocycles. The fourth-order valence-corrected chi connectivity index (χ4v) is 7.45. The lowest BCUT2D eigenvalue weighted by atomic mass is 10.0. The smallest absolute Gasteiger partial charge is 0.145 e. The number of hydrogen-bond donors (Lipinski definition) is 0. The summed E-state index contributed by atoms with van der Waals surface area (Å²) in [5, 5.41) is 3.73. The maximum Gasteiger partial charge on any atom is 0.145 e. The molecule has 0 N–H and O–H groups in total. The highest BCUT2D eigenvalue weighted by molar-refractivity contribution is 6.20. The molecule has 0 bridgehead atoms. The quantitative estimate of drug-likeness (QED) is 0.197. The van der Waals surface area contributed by atoms with Gasteiger partial charge >= 0.3 is 0 Å². The second-order valence-electron chi connectivity index (χ2n) is 12.0. The number of aromatic nitrogens is 4. The fraction of sp³-hybridized carbons (Fsp3) is 0. The van der Waals surface area contributed by atoms with Crippen molar-refractivity contribution in [2.45, 2.75) is 0 Å². The Morgan fingerprint density at radius 3 is 1.70 bits per heavy atom. The summed E-state index contributed by atoms with van der Waals surface area (Å²) in [7, 11) is 0. The van der Waals surface area contributed by atoms with Crippen LogP contribution in [0.15, 0.2) is 170 Å². The molecule has 0 spiro atoms. The van der Waals surface area contributed by atoms with Gasteiger partial charge in [-0.15, -0.1) is 0 Å². The van der Waals surface area contributed by atoms with Crippen molar-refractivity contribution in [1.29, 1.82) is 0 Å². The molecule has 10 aromatic rings. The Morgan fingerprint density at radius 2 is 0.957 bits per heavy atom. The molecule has 4 aromatic heterocycles. The maximum absolute atomic E-state index is 5.12. The number of pyridine rings is 1. The van der Waals surface area contributed by atoms with Crippen LogP contribution in [0.2, 0.25) is 0 Å². The summed E-state index contributed by atoms with van der Waals surface area (Å²) in [4.78, 5) is 5.12. The molecular formula is C43H28N4. The first-order valence-electron chi connectivity index (χ1n) is 16.0. The number of rotatable bonds is 4. The molecule has 0 fully saturated rings. The molecule has 220 valence electrons. The van der Waals surface area contributed by atoms with Crippen LogP contribution in [0.1, 0.15) is 0 Å². The van der Waals surface area contributed by atoms with Crippen LogP contribution < -0.4 is 0 Å². The van der Waals surface area contributed by atoms with Crippen LogP contribution >= 0.6 is 0 Å². The Labute approximate surface area is 271 Å². The molecule has 0 atom stereocenters. The van der Waals surface area contributed by atoms with Gasteiger partial charge in [-0.25, -0.2) is 4.98 Å². The highest BCUT2D eigenvalue weighted by atomic mass is 15.1.